The summed E-state index contributed by atoms with van der Waals surface area (Å²) in [6.07, 6.45) is 0. The number of hydrogen-bond acceptors (Lipinski definition) is 1. The summed E-state index contributed by atoms with van der Waals surface area (Å²) >= 11 is 15.1. The summed E-state index contributed by atoms with van der Waals surface area (Å²) in [5.41, 5.74) is 3.75. The minimum atomic E-state index is 0.205. The second-order valence-electron chi connectivity index (χ2n) is 3.97. The monoisotopic (exact) mass is 392 g/mol. The zero-order chi connectivity index (χ0) is 12.6. The topological polar surface area (TPSA) is 0 Å². The van der Waals surface area contributed by atoms with E-state index in [2.05, 4.69) is 57.8 Å². The smallest absolute Gasteiger partial charge is 0.0741 e. The largest absolute Gasteiger partial charge is 0.131 e. The van der Waals surface area contributed by atoms with E-state index in [0.717, 1.165) is 5.02 Å². The molecule has 0 nitrogen and oxygen atoms in total. The van der Waals surface area contributed by atoms with Crippen molar-refractivity contribution >= 4 is 54.8 Å². The van der Waals surface area contributed by atoms with Crippen LogP contribution in [0.4, 0.5) is 0 Å². The molecule has 0 radical (unpaired) electrons. The molecule has 1 unspecified atom stereocenters. The van der Waals surface area contributed by atoms with Gasteiger partial charge < -0.3 is 0 Å². The molecule has 1 heterocycles. The highest BCUT2D eigenvalue weighted by molar-refractivity contribution is 9.11. The Bertz CT molecular complexity index is 529. The Morgan fingerprint density at radius 3 is 2.47 bits per heavy atom. The third-order valence-electron chi connectivity index (χ3n) is 2.64. The predicted molar refractivity (Wildman–Crippen MR) is 83.7 cm³/mol. The van der Waals surface area contributed by atoms with E-state index in [1.165, 1.54) is 25.4 Å². The van der Waals surface area contributed by atoms with Crippen molar-refractivity contribution in [1.29, 1.82) is 0 Å². The van der Waals surface area contributed by atoms with Crippen molar-refractivity contribution in [3.63, 3.8) is 0 Å². The Balaban J connectivity index is 2.42. The van der Waals surface area contributed by atoms with Gasteiger partial charge in [-0.1, -0.05) is 33.6 Å². The zero-order valence-electron chi connectivity index (χ0n) is 9.43. The third-order valence-corrected chi connectivity index (χ3v) is 6.37. The Kier molecular flexibility index (Phi) is 4.35. The van der Waals surface area contributed by atoms with Gasteiger partial charge in [-0.25, -0.2) is 0 Å². The average Bonchev–Trinajstić information content (AvgIpc) is 2.62. The molecule has 0 aliphatic rings. The van der Waals surface area contributed by atoms with Gasteiger partial charge in [0, 0.05) is 9.90 Å². The maximum atomic E-state index is 6.06. The van der Waals surface area contributed by atoms with E-state index < -0.39 is 0 Å². The quantitative estimate of drug-likeness (QED) is 0.527. The van der Waals surface area contributed by atoms with Gasteiger partial charge in [0.1, 0.15) is 0 Å². The Morgan fingerprint density at radius 2 is 1.88 bits per heavy atom. The second-order valence-corrected chi connectivity index (χ2v) is 7.72. The number of alkyl halides is 1. The van der Waals surface area contributed by atoms with E-state index in [1.54, 1.807) is 11.3 Å². The van der Waals surface area contributed by atoms with E-state index in [1.807, 2.05) is 12.1 Å². The van der Waals surface area contributed by atoms with Gasteiger partial charge in [-0.05, 0) is 64.7 Å². The van der Waals surface area contributed by atoms with Crippen LogP contribution in [0.1, 0.15) is 26.4 Å². The van der Waals surface area contributed by atoms with Crippen LogP contribution in [-0.2, 0) is 0 Å². The van der Waals surface area contributed by atoms with Crippen molar-refractivity contribution in [2.45, 2.75) is 18.7 Å². The Labute approximate surface area is 127 Å². The van der Waals surface area contributed by atoms with E-state index >= 15 is 0 Å². The molecule has 0 saturated heterocycles. The van der Waals surface area contributed by atoms with Gasteiger partial charge in [0.05, 0.1) is 8.61 Å². The summed E-state index contributed by atoms with van der Waals surface area (Å²) in [7, 11) is 0. The van der Waals surface area contributed by atoms with Gasteiger partial charge in [0.2, 0.25) is 0 Å². The fourth-order valence-electron chi connectivity index (χ4n) is 1.65. The number of halogens is 3. The highest BCUT2D eigenvalue weighted by Crippen LogP contribution is 2.40. The molecule has 17 heavy (non-hydrogen) atoms. The average molecular weight is 395 g/mol. The van der Waals surface area contributed by atoms with Crippen LogP contribution in [0.25, 0.3) is 0 Å². The number of benzene rings is 1. The lowest BCUT2D eigenvalue weighted by Gasteiger charge is -2.11. The van der Waals surface area contributed by atoms with Gasteiger partial charge in [-0.2, -0.15) is 0 Å². The summed E-state index contributed by atoms with van der Waals surface area (Å²) in [4.78, 5) is 1.50. The molecule has 0 aliphatic heterocycles. The zero-order valence-corrected chi connectivity index (χ0v) is 14.2. The number of rotatable bonds is 2. The summed E-state index contributed by atoms with van der Waals surface area (Å²) in [6, 6.07) is 8.21. The van der Waals surface area contributed by atoms with Crippen molar-refractivity contribution in [2.24, 2.45) is 0 Å². The first-order valence-electron chi connectivity index (χ1n) is 5.15. The summed E-state index contributed by atoms with van der Waals surface area (Å²) < 4.78 is 1.19. The Hall–Kier alpha value is 0.170. The van der Waals surface area contributed by atoms with Gasteiger partial charge in [0.15, 0.2) is 0 Å². The minimum absolute atomic E-state index is 0.205. The lowest BCUT2D eigenvalue weighted by Crippen LogP contribution is -1.93. The van der Waals surface area contributed by atoms with Crippen LogP contribution in [-0.4, -0.2) is 0 Å². The second kappa shape index (κ2) is 5.43. The van der Waals surface area contributed by atoms with Gasteiger partial charge in [0.25, 0.3) is 0 Å². The Morgan fingerprint density at radius 1 is 1.18 bits per heavy atom. The van der Waals surface area contributed by atoms with Crippen molar-refractivity contribution in [3.8, 4) is 0 Å². The standard InChI is InChI=1S/C13H11Br2ClS/c1-7-3-4-9(16)6-10(7)12(14)11-5-8(2)13(15)17-11/h3-6,12H,1-2H3. The lowest BCUT2D eigenvalue weighted by molar-refractivity contribution is 1.18. The third kappa shape index (κ3) is 2.95. The molecule has 90 valence electrons. The van der Waals surface area contributed by atoms with Crippen molar-refractivity contribution in [2.75, 3.05) is 0 Å². The van der Waals surface area contributed by atoms with E-state index in [-0.39, 0.29) is 4.83 Å². The molecule has 0 aliphatic carbocycles. The molecule has 4 heteroatoms. The van der Waals surface area contributed by atoms with E-state index in [9.17, 15) is 0 Å². The first kappa shape index (κ1) is 13.6. The lowest BCUT2D eigenvalue weighted by atomic mass is 10.0. The highest BCUT2D eigenvalue weighted by atomic mass is 79.9. The van der Waals surface area contributed by atoms with Crippen LogP contribution < -0.4 is 0 Å². The molecule has 0 saturated carbocycles. The molecular weight excluding hydrogens is 383 g/mol. The number of hydrogen-bond donors (Lipinski definition) is 0. The van der Waals surface area contributed by atoms with Crippen molar-refractivity contribution in [3.05, 3.63) is 54.6 Å². The van der Waals surface area contributed by atoms with Crippen LogP contribution in [0.2, 0.25) is 5.02 Å². The van der Waals surface area contributed by atoms with Crippen molar-refractivity contribution in [1.82, 2.24) is 0 Å². The van der Waals surface area contributed by atoms with Gasteiger partial charge in [-0.3, -0.25) is 0 Å². The highest BCUT2D eigenvalue weighted by Gasteiger charge is 2.16. The molecule has 2 rings (SSSR count). The minimum Gasteiger partial charge on any atom is -0.131 e. The maximum Gasteiger partial charge on any atom is 0.0741 e. The fraction of sp³-hybridized carbons (Fsp3) is 0.231. The predicted octanol–water partition coefficient (Wildman–Crippen LogP) is 6.27. The maximum absolute atomic E-state index is 6.06. The molecule has 0 N–H and O–H groups in total. The molecule has 2 aromatic rings. The number of thiophene rings is 1. The summed E-state index contributed by atoms with van der Waals surface area (Å²) in [5, 5.41) is 0.780. The molecule has 1 aromatic heterocycles. The number of aryl methyl sites for hydroxylation is 2. The van der Waals surface area contributed by atoms with E-state index in [4.69, 9.17) is 11.6 Å². The summed E-state index contributed by atoms with van der Waals surface area (Å²) in [5.74, 6) is 0. The first-order chi connectivity index (χ1) is 7.99. The molecule has 0 bridgehead atoms. The molecule has 0 spiro atoms. The summed E-state index contributed by atoms with van der Waals surface area (Å²) in [6.45, 7) is 4.21. The molecule has 1 aromatic carbocycles. The SMILES string of the molecule is Cc1ccc(Cl)cc1C(Br)c1cc(C)c(Br)s1. The van der Waals surface area contributed by atoms with Gasteiger partial charge >= 0.3 is 0 Å². The van der Waals surface area contributed by atoms with Crippen LogP contribution in [0.3, 0.4) is 0 Å². The normalized spacial score (nSPS) is 12.8. The van der Waals surface area contributed by atoms with Crippen LogP contribution in [0.15, 0.2) is 28.1 Å². The molecule has 1 atom stereocenters. The van der Waals surface area contributed by atoms with Crippen molar-refractivity contribution < 1.29 is 0 Å². The molecule has 0 amide bonds. The molecule has 0 fully saturated rings. The van der Waals surface area contributed by atoms with Crippen LogP contribution >= 0.6 is 54.8 Å². The van der Waals surface area contributed by atoms with Crippen LogP contribution in [0.5, 0.6) is 0 Å². The fourth-order valence-corrected chi connectivity index (χ4v) is 4.30. The first-order valence-corrected chi connectivity index (χ1v) is 8.05. The van der Waals surface area contributed by atoms with Gasteiger partial charge in [-0.15, -0.1) is 11.3 Å². The molecular formula is C13H11Br2ClS. The van der Waals surface area contributed by atoms with Crippen LogP contribution in [0, 0.1) is 13.8 Å². The van der Waals surface area contributed by atoms with E-state index in [0.29, 0.717) is 0 Å².